The third kappa shape index (κ3) is 1.49. The molecule has 1 rings (SSSR count). The molecular weight excluding hydrogens is 124 g/mol. The molecule has 0 aromatic rings. The van der Waals surface area contributed by atoms with Gasteiger partial charge in [-0.05, 0) is 19.8 Å². The zero-order chi connectivity index (χ0) is 7.56. The van der Waals surface area contributed by atoms with Gasteiger partial charge < -0.3 is 4.90 Å². The lowest BCUT2D eigenvalue weighted by atomic mass is 10.2. The zero-order valence-electron chi connectivity index (χ0n) is 6.85. The van der Waals surface area contributed by atoms with Gasteiger partial charge in [0.1, 0.15) is 0 Å². The van der Waals surface area contributed by atoms with Gasteiger partial charge in [-0.15, -0.1) is 0 Å². The molecule has 0 heterocycles. The van der Waals surface area contributed by atoms with Gasteiger partial charge in [-0.3, -0.25) is 5.41 Å². The van der Waals surface area contributed by atoms with Crippen molar-refractivity contribution in [3.05, 3.63) is 0 Å². The van der Waals surface area contributed by atoms with Crippen LogP contribution in [0.2, 0.25) is 0 Å². The van der Waals surface area contributed by atoms with E-state index in [4.69, 9.17) is 5.41 Å². The molecule has 1 fully saturated rings. The maximum atomic E-state index is 7.39. The zero-order valence-corrected chi connectivity index (χ0v) is 6.85. The van der Waals surface area contributed by atoms with Gasteiger partial charge in [0, 0.05) is 13.1 Å². The topological polar surface area (TPSA) is 27.1 Å². The van der Waals surface area contributed by atoms with Crippen molar-refractivity contribution in [1.29, 1.82) is 5.41 Å². The van der Waals surface area contributed by atoms with E-state index in [0.717, 1.165) is 0 Å². The number of amidine groups is 1. The minimum atomic E-state index is 0.664. The van der Waals surface area contributed by atoms with Crippen LogP contribution in [0.5, 0.6) is 0 Å². The molecule has 0 radical (unpaired) electrons. The fourth-order valence-corrected chi connectivity index (χ4v) is 1.57. The SMILES string of the molecule is CC(=N)N(C)C1CCCC1. The second-order valence-electron chi connectivity index (χ2n) is 3.13. The number of rotatable bonds is 1. The molecule has 0 amide bonds. The summed E-state index contributed by atoms with van der Waals surface area (Å²) in [6.07, 6.45) is 5.27. The Kier molecular flexibility index (Phi) is 2.30. The van der Waals surface area contributed by atoms with E-state index in [1.807, 2.05) is 14.0 Å². The van der Waals surface area contributed by atoms with E-state index in [1.165, 1.54) is 25.7 Å². The molecule has 0 spiro atoms. The first kappa shape index (κ1) is 7.58. The molecule has 0 unspecified atom stereocenters. The summed E-state index contributed by atoms with van der Waals surface area (Å²) in [5, 5.41) is 7.39. The monoisotopic (exact) mass is 140 g/mol. The first-order valence-corrected chi connectivity index (χ1v) is 4.00. The summed E-state index contributed by atoms with van der Waals surface area (Å²) >= 11 is 0. The second-order valence-corrected chi connectivity index (χ2v) is 3.13. The molecule has 1 aliphatic carbocycles. The number of hydrogen-bond acceptors (Lipinski definition) is 1. The summed E-state index contributed by atoms with van der Waals surface area (Å²) in [6.45, 7) is 1.86. The lowest BCUT2D eigenvalue weighted by molar-refractivity contribution is 0.368. The third-order valence-corrected chi connectivity index (χ3v) is 2.40. The van der Waals surface area contributed by atoms with E-state index in [-0.39, 0.29) is 0 Å². The molecule has 0 saturated heterocycles. The minimum Gasteiger partial charge on any atom is -0.361 e. The molecule has 58 valence electrons. The standard InChI is InChI=1S/C8H16N2/c1-7(9)10(2)8-5-3-4-6-8/h8-9H,3-6H2,1-2H3. The average Bonchev–Trinajstić information content (AvgIpc) is 2.36. The van der Waals surface area contributed by atoms with E-state index in [1.54, 1.807) is 0 Å². The molecule has 0 aliphatic heterocycles. The lowest BCUT2D eigenvalue weighted by Gasteiger charge is -2.24. The maximum absolute atomic E-state index is 7.39. The van der Waals surface area contributed by atoms with Gasteiger partial charge in [-0.1, -0.05) is 12.8 Å². The van der Waals surface area contributed by atoms with Crippen LogP contribution in [0.15, 0.2) is 0 Å². The Balaban J connectivity index is 2.39. The fourth-order valence-electron chi connectivity index (χ4n) is 1.57. The van der Waals surface area contributed by atoms with Crippen LogP contribution in [0.4, 0.5) is 0 Å². The van der Waals surface area contributed by atoms with E-state index >= 15 is 0 Å². The fraction of sp³-hybridized carbons (Fsp3) is 0.875. The van der Waals surface area contributed by atoms with Gasteiger partial charge in [0.15, 0.2) is 0 Å². The molecule has 1 saturated carbocycles. The van der Waals surface area contributed by atoms with Crippen molar-refractivity contribution in [2.45, 2.75) is 38.6 Å². The highest BCUT2D eigenvalue weighted by molar-refractivity contribution is 5.76. The van der Waals surface area contributed by atoms with Crippen LogP contribution in [-0.2, 0) is 0 Å². The Bertz CT molecular complexity index is 125. The predicted molar refractivity (Wildman–Crippen MR) is 43.4 cm³/mol. The Labute approximate surface area is 62.7 Å². The first-order chi connectivity index (χ1) is 4.72. The molecule has 0 atom stereocenters. The summed E-state index contributed by atoms with van der Waals surface area (Å²) in [7, 11) is 2.03. The molecule has 0 aromatic carbocycles. The van der Waals surface area contributed by atoms with Crippen molar-refractivity contribution in [1.82, 2.24) is 4.90 Å². The lowest BCUT2D eigenvalue weighted by Crippen LogP contribution is -2.32. The summed E-state index contributed by atoms with van der Waals surface area (Å²) in [5.41, 5.74) is 0. The van der Waals surface area contributed by atoms with Crippen molar-refractivity contribution >= 4 is 5.84 Å². The van der Waals surface area contributed by atoms with E-state index in [9.17, 15) is 0 Å². The van der Waals surface area contributed by atoms with E-state index in [2.05, 4.69) is 4.90 Å². The van der Waals surface area contributed by atoms with Crippen LogP contribution >= 0.6 is 0 Å². The van der Waals surface area contributed by atoms with Crippen LogP contribution in [0, 0.1) is 5.41 Å². The molecule has 1 aliphatic rings. The molecule has 1 N–H and O–H groups in total. The highest BCUT2D eigenvalue weighted by Gasteiger charge is 2.19. The van der Waals surface area contributed by atoms with Crippen molar-refractivity contribution in [3.63, 3.8) is 0 Å². The van der Waals surface area contributed by atoms with Gasteiger partial charge in [-0.2, -0.15) is 0 Å². The Morgan fingerprint density at radius 3 is 2.30 bits per heavy atom. The van der Waals surface area contributed by atoms with Crippen LogP contribution in [0.25, 0.3) is 0 Å². The Morgan fingerprint density at radius 1 is 1.40 bits per heavy atom. The Hall–Kier alpha value is -0.530. The first-order valence-electron chi connectivity index (χ1n) is 4.00. The van der Waals surface area contributed by atoms with Gasteiger partial charge >= 0.3 is 0 Å². The molecular formula is C8H16N2. The largest absolute Gasteiger partial charge is 0.361 e. The van der Waals surface area contributed by atoms with Crippen molar-refractivity contribution in [2.24, 2.45) is 0 Å². The summed E-state index contributed by atoms with van der Waals surface area (Å²) in [5.74, 6) is 0.701. The quantitative estimate of drug-likeness (QED) is 0.437. The molecule has 2 heteroatoms. The molecule has 2 nitrogen and oxygen atoms in total. The average molecular weight is 140 g/mol. The normalized spacial score (nSPS) is 19.4. The van der Waals surface area contributed by atoms with Gasteiger partial charge in [-0.25, -0.2) is 0 Å². The summed E-state index contributed by atoms with van der Waals surface area (Å²) in [4.78, 5) is 2.09. The Morgan fingerprint density at radius 2 is 1.90 bits per heavy atom. The van der Waals surface area contributed by atoms with Gasteiger partial charge in [0.05, 0.1) is 5.84 Å². The van der Waals surface area contributed by atoms with Gasteiger partial charge in [0.2, 0.25) is 0 Å². The highest BCUT2D eigenvalue weighted by Crippen LogP contribution is 2.22. The summed E-state index contributed by atoms with van der Waals surface area (Å²) in [6, 6.07) is 0.664. The van der Waals surface area contributed by atoms with E-state index < -0.39 is 0 Å². The summed E-state index contributed by atoms with van der Waals surface area (Å²) < 4.78 is 0. The van der Waals surface area contributed by atoms with Crippen molar-refractivity contribution < 1.29 is 0 Å². The predicted octanol–water partition coefficient (Wildman–Crippen LogP) is 1.86. The second kappa shape index (κ2) is 3.04. The number of nitrogens with zero attached hydrogens (tertiary/aromatic N) is 1. The van der Waals surface area contributed by atoms with Crippen molar-refractivity contribution in [2.75, 3.05) is 7.05 Å². The molecule has 10 heavy (non-hydrogen) atoms. The molecule has 0 bridgehead atoms. The van der Waals surface area contributed by atoms with Crippen molar-refractivity contribution in [3.8, 4) is 0 Å². The van der Waals surface area contributed by atoms with Crippen LogP contribution < -0.4 is 0 Å². The number of hydrogen-bond donors (Lipinski definition) is 1. The highest BCUT2D eigenvalue weighted by atomic mass is 15.2. The minimum absolute atomic E-state index is 0.664. The number of nitrogens with one attached hydrogen (secondary N) is 1. The van der Waals surface area contributed by atoms with Crippen LogP contribution in [0.3, 0.4) is 0 Å². The van der Waals surface area contributed by atoms with Crippen LogP contribution in [-0.4, -0.2) is 23.8 Å². The third-order valence-electron chi connectivity index (χ3n) is 2.40. The smallest absolute Gasteiger partial charge is 0.0925 e. The maximum Gasteiger partial charge on any atom is 0.0925 e. The molecule has 0 aromatic heterocycles. The van der Waals surface area contributed by atoms with Crippen LogP contribution in [0.1, 0.15) is 32.6 Å². The van der Waals surface area contributed by atoms with Gasteiger partial charge in [0.25, 0.3) is 0 Å². The van der Waals surface area contributed by atoms with E-state index in [0.29, 0.717) is 11.9 Å².